The molecule has 0 aliphatic heterocycles. The molecule has 0 radical (unpaired) electrons. The van der Waals surface area contributed by atoms with Crippen LogP contribution in [0.2, 0.25) is 0 Å². The van der Waals surface area contributed by atoms with E-state index in [9.17, 15) is 9.18 Å². The first-order valence-corrected chi connectivity index (χ1v) is 5.69. The van der Waals surface area contributed by atoms with Gasteiger partial charge >= 0.3 is 0 Å². The van der Waals surface area contributed by atoms with Gasteiger partial charge in [-0.3, -0.25) is 4.79 Å². The van der Waals surface area contributed by atoms with Crippen LogP contribution in [0.3, 0.4) is 0 Å². The Kier molecular flexibility index (Phi) is 3.37. The number of benzene rings is 2. The molecule has 0 aliphatic carbocycles. The Hall–Kier alpha value is -2.56. The van der Waals surface area contributed by atoms with Crippen molar-refractivity contribution in [2.24, 2.45) is 5.73 Å². The number of carbonyl (C=O) groups is 1. The molecule has 0 saturated heterocycles. The van der Waals surface area contributed by atoms with Crippen LogP contribution >= 0.6 is 0 Å². The van der Waals surface area contributed by atoms with Crippen molar-refractivity contribution in [1.29, 1.82) is 0 Å². The highest BCUT2D eigenvalue weighted by molar-refractivity contribution is 6.02. The smallest absolute Gasteiger partial charge is 0.250 e. The lowest BCUT2D eigenvalue weighted by molar-refractivity contribution is 0.100. The SMILES string of the molecule is CN(c1ccccc1F)c1c(N)cccc1C(N)=O. The third-order valence-electron chi connectivity index (χ3n) is 2.88. The molecule has 98 valence electrons. The fourth-order valence-corrected chi connectivity index (χ4v) is 1.98. The molecule has 0 aromatic heterocycles. The van der Waals surface area contributed by atoms with Crippen LogP contribution in [0.25, 0.3) is 0 Å². The predicted octanol–water partition coefficient (Wildman–Crippen LogP) is 2.27. The standard InChI is InChI=1S/C14H14FN3O/c1-18(12-8-3-2-6-10(12)15)13-9(14(17)19)5-4-7-11(13)16/h2-8H,16H2,1H3,(H2,17,19). The Labute approximate surface area is 110 Å². The van der Waals surface area contributed by atoms with E-state index in [0.717, 1.165) is 0 Å². The van der Waals surface area contributed by atoms with Gasteiger partial charge in [0.25, 0.3) is 5.91 Å². The zero-order valence-corrected chi connectivity index (χ0v) is 10.4. The van der Waals surface area contributed by atoms with E-state index in [2.05, 4.69) is 0 Å². The van der Waals surface area contributed by atoms with Gasteiger partial charge in [0.1, 0.15) is 5.82 Å². The summed E-state index contributed by atoms with van der Waals surface area (Å²) in [5.74, 6) is -1.01. The van der Waals surface area contributed by atoms with E-state index < -0.39 is 11.7 Å². The van der Waals surface area contributed by atoms with Crippen molar-refractivity contribution < 1.29 is 9.18 Å². The summed E-state index contributed by atoms with van der Waals surface area (Å²) < 4.78 is 13.8. The summed E-state index contributed by atoms with van der Waals surface area (Å²) in [4.78, 5) is 13.0. The van der Waals surface area contributed by atoms with Crippen LogP contribution in [0.1, 0.15) is 10.4 Å². The number of primary amides is 1. The van der Waals surface area contributed by atoms with Gasteiger partial charge in [-0.25, -0.2) is 4.39 Å². The van der Waals surface area contributed by atoms with Gasteiger partial charge in [0.2, 0.25) is 0 Å². The molecule has 0 bridgehead atoms. The topological polar surface area (TPSA) is 72.3 Å². The molecular formula is C14H14FN3O. The number of anilines is 3. The third-order valence-corrected chi connectivity index (χ3v) is 2.88. The highest BCUT2D eigenvalue weighted by atomic mass is 19.1. The van der Waals surface area contributed by atoms with Gasteiger partial charge in [0.05, 0.1) is 22.6 Å². The summed E-state index contributed by atoms with van der Waals surface area (Å²) in [5.41, 5.74) is 12.5. The fraction of sp³-hybridized carbons (Fsp3) is 0.0714. The molecule has 2 rings (SSSR count). The Morgan fingerprint density at radius 2 is 1.84 bits per heavy atom. The molecule has 0 fully saturated rings. The van der Waals surface area contributed by atoms with E-state index in [0.29, 0.717) is 17.1 Å². The summed E-state index contributed by atoms with van der Waals surface area (Å²) in [7, 11) is 1.64. The van der Waals surface area contributed by atoms with Crippen LogP contribution in [0, 0.1) is 5.82 Å². The average Bonchev–Trinajstić information content (AvgIpc) is 2.38. The van der Waals surface area contributed by atoms with Crippen molar-refractivity contribution in [3.63, 3.8) is 0 Å². The summed E-state index contributed by atoms with van der Waals surface area (Å²) in [6.45, 7) is 0. The van der Waals surface area contributed by atoms with Crippen LogP contribution in [0.15, 0.2) is 42.5 Å². The molecule has 0 unspecified atom stereocenters. The van der Waals surface area contributed by atoms with Crippen molar-refractivity contribution in [3.05, 3.63) is 53.8 Å². The summed E-state index contributed by atoms with van der Waals surface area (Å²) in [6, 6.07) is 11.1. The maximum atomic E-state index is 13.8. The molecule has 4 nitrogen and oxygen atoms in total. The Morgan fingerprint density at radius 3 is 2.47 bits per heavy atom. The first-order valence-electron chi connectivity index (χ1n) is 5.69. The highest BCUT2D eigenvalue weighted by Gasteiger charge is 2.17. The van der Waals surface area contributed by atoms with Gasteiger partial charge in [0, 0.05) is 7.05 Å². The van der Waals surface area contributed by atoms with E-state index >= 15 is 0 Å². The van der Waals surface area contributed by atoms with Crippen molar-refractivity contribution in [2.45, 2.75) is 0 Å². The minimum absolute atomic E-state index is 0.255. The van der Waals surface area contributed by atoms with Crippen LogP contribution in [0.5, 0.6) is 0 Å². The number of hydrogen-bond acceptors (Lipinski definition) is 3. The average molecular weight is 259 g/mol. The van der Waals surface area contributed by atoms with Crippen LogP contribution < -0.4 is 16.4 Å². The van der Waals surface area contributed by atoms with E-state index in [-0.39, 0.29) is 5.56 Å². The maximum absolute atomic E-state index is 13.8. The number of rotatable bonds is 3. The lowest BCUT2D eigenvalue weighted by Gasteiger charge is -2.23. The number of halogens is 1. The number of carbonyl (C=O) groups excluding carboxylic acids is 1. The van der Waals surface area contributed by atoms with E-state index in [1.54, 1.807) is 43.4 Å². The molecule has 0 heterocycles. The molecule has 2 aromatic carbocycles. The predicted molar refractivity (Wildman–Crippen MR) is 73.8 cm³/mol. The lowest BCUT2D eigenvalue weighted by Crippen LogP contribution is -2.20. The Bertz CT molecular complexity index is 628. The molecule has 4 N–H and O–H groups in total. The summed E-state index contributed by atoms with van der Waals surface area (Å²) in [5, 5.41) is 0. The second-order valence-electron chi connectivity index (χ2n) is 4.12. The molecule has 19 heavy (non-hydrogen) atoms. The summed E-state index contributed by atoms with van der Waals surface area (Å²) in [6.07, 6.45) is 0. The number of nitrogens with zero attached hydrogens (tertiary/aromatic N) is 1. The molecule has 0 atom stereocenters. The number of nitrogens with two attached hydrogens (primary N) is 2. The summed E-state index contributed by atoms with van der Waals surface area (Å²) >= 11 is 0. The normalized spacial score (nSPS) is 10.2. The van der Waals surface area contributed by atoms with Gasteiger partial charge in [0.15, 0.2) is 0 Å². The molecule has 2 aromatic rings. The molecular weight excluding hydrogens is 245 g/mol. The number of nitrogen functional groups attached to an aromatic ring is 1. The molecule has 0 spiro atoms. The largest absolute Gasteiger partial charge is 0.397 e. The van der Waals surface area contributed by atoms with Gasteiger partial charge in [-0.05, 0) is 24.3 Å². The Morgan fingerprint density at radius 1 is 1.16 bits per heavy atom. The van der Waals surface area contributed by atoms with Gasteiger partial charge in [-0.15, -0.1) is 0 Å². The number of hydrogen-bond donors (Lipinski definition) is 2. The first kappa shape index (κ1) is 12.9. The third kappa shape index (κ3) is 2.35. The van der Waals surface area contributed by atoms with E-state index in [1.807, 2.05) is 0 Å². The second-order valence-corrected chi connectivity index (χ2v) is 4.12. The van der Waals surface area contributed by atoms with Crippen LogP contribution in [-0.4, -0.2) is 13.0 Å². The van der Waals surface area contributed by atoms with Crippen LogP contribution in [0.4, 0.5) is 21.5 Å². The minimum atomic E-state index is -0.606. The second kappa shape index (κ2) is 4.97. The lowest BCUT2D eigenvalue weighted by atomic mass is 10.1. The van der Waals surface area contributed by atoms with Crippen molar-refractivity contribution in [3.8, 4) is 0 Å². The molecule has 0 aliphatic rings. The van der Waals surface area contributed by atoms with Crippen molar-refractivity contribution >= 4 is 23.0 Å². The van der Waals surface area contributed by atoms with Crippen LogP contribution in [-0.2, 0) is 0 Å². The van der Waals surface area contributed by atoms with Gasteiger partial charge in [-0.2, -0.15) is 0 Å². The first-order chi connectivity index (χ1) is 9.02. The van der Waals surface area contributed by atoms with Gasteiger partial charge in [-0.1, -0.05) is 18.2 Å². The number of para-hydroxylation sites is 2. The molecule has 1 amide bonds. The minimum Gasteiger partial charge on any atom is -0.397 e. The molecule has 0 saturated carbocycles. The zero-order chi connectivity index (χ0) is 14.0. The number of amides is 1. The van der Waals surface area contributed by atoms with Crippen molar-refractivity contribution in [1.82, 2.24) is 0 Å². The highest BCUT2D eigenvalue weighted by Crippen LogP contribution is 2.33. The molecule has 5 heteroatoms. The van der Waals surface area contributed by atoms with Gasteiger partial charge < -0.3 is 16.4 Å². The monoisotopic (exact) mass is 259 g/mol. The zero-order valence-electron chi connectivity index (χ0n) is 10.4. The van der Waals surface area contributed by atoms with Crippen molar-refractivity contribution in [2.75, 3.05) is 17.7 Å². The van der Waals surface area contributed by atoms with E-state index in [4.69, 9.17) is 11.5 Å². The van der Waals surface area contributed by atoms with E-state index in [1.165, 1.54) is 11.0 Å². The Balaban J connectivity index is 2.59. The maximum Gasteiger partial charge on any atom is 0.250 e. The fourth-order valence-electron chi connectivity index (χ4n) is 1.98. The quantitative estimate of drug-likeness (QED) is 0.830.